The van der Waals surface area contributed by atoms with Crippen LogP contribution in [0.5, 0.6) is 5.75 Å². The molecule has 0 spiro atoms. The van der Waals surface area contributed by atoms with Gasteiger partial charge in [-0.3, -0.25) is 14.2 Å². The molecule has 3 heterocycles. The van der Waals surface area contributed by atoms with Gasteiger partial charge in [0.1, 0.15) is 33.5 Å². The van der Waals surface area contributed by atoms with Gasteiger partial charge >= 0.3 is 5.69 Å². The minimum Gasteiger partial charge on any atom is -0.496 e. The van der Waals surface area contributed by atoms with Crippen LogP contribution in [0.2, 0.25) is 0 Å². The number of fused-ring (bicyclic) bond motifs is 1. The van der Waals surface area contributed by atoms with Crippen LogP contribution >= 0.6 is 11.3 Å². The van der Waals surface area contributed by atoms with Gasteiger partial charge in [0.05, 0.1) is 44.6 Å². The number of aliphatic hydroxyl groups excluding tert-OH is 1. The van der Waals surface area contributed by atoms with Crippen LogP contribution in [0, 0.1) is 12.7 Å². The quantitative estimate of drug-likeness (QED) is 0.273. The fraction of sp³-hybridized carbons (Fsp3) is 0.444. The molecule has 0 unspecified atom stereocenters. The third-order valence-electron chi connectivity index (χ3n) is 7.33. The smallest absolute Gasteiger partial charge is 0.332 e. The highest BCUT2D eigenvalue weighted by molar-refractivity contribution is 7.21. The molecule has 0 saturated heterocycles. The van der Waals surface area contributed by atoms with Gasteiger partial charge in [-0.05, 0) is 51.3 Å². The highest BCUT2D eigenvalue weighted by atomic mass is 32.1. The van der Waals surface area contributed by atoms with Crippen molar-refractivity contribution < 1.29 is 23.8 Å². The molecular weight excluding hydrogens is 555 g/mol. The second-order valence-electron chi connectivity index (χ2n) is 9.88. The third kappa shape index (κ3) is 5.42. The second-order valence-corrected chi connectivity index (χ2v) is 10.9. The van der Waals surface area contributed by atoms with E-state index in [4.69, 9.17) is 9.47 Å². The summed E-state index contributed by atoms with van der Waals surface area (Å²) in [6.45, 7) is 2.66. The summed E-state index contributed by atoms with van der Waals surface area (Å²) >= 11 is 1.14. The van der Waals surface area contributed by atoms with Crippen LogP contribution < -0.4 is 21.3 Å². The van der Waals surface area contributed by atoms with Crippen LogP contribution in [0.15, 0.2) is 40.2 Å². The highest BCUT2D eigenvalue weighted by Gasteiger charge is 2.30. The maximum absolute atomic E-state index is 14.4. The Hall–Kier alpha value is -3.88. The molecule has 0 aliphatic heterocycles. The van der Waals surface area contributed by atoms with Crippen molar-refractivity contribution in [3.63, 3.8) is 0 Å². The number of aliphatic hydroxyl groups is 1. The largest absolute Gasteiger partial charge is 0.496 e. The van der Waals surface area contributed by atoms with Crippen molar-refractivity contribution in [3.8, 4) is 10.8 Å². The number of thiophene rings is 1. The molecule has 12 nitrogen and oxygen atoms in total. The minimum atomic E-state index is -1.10. The lowest BCUT2D eigenvalue weighted by atomic mass is 9.93. The fourth-order valence-electron chi connectivity index (χ4n) is 4.92. The number of hydrogen-bond acceptors (Lipinski definition) is 9. The molecular formula is C27H31FN6O6S. The van der Waals surface area contributed by atoms with E-state index in [-0.39, 0.29) is 31.2 Å². The van der Waals surface area contributed by atoms with Gasteiger partial charge in [-0.15, -0.1) is 4.80 Å². The van der Waals surface area contributed by atoms with E-state index in [0.717, 1.165) is 35.2 Å². The Labute approximate surface area is 237 Å². The summed E-state index contributed by atoms with van der Waals surface area (Å²) in [6, 6.07) is 2.85. The van der Waals surface area contributed by atoms with E-state index in [1.54, 1.807) is 6.92 Å². The molecule has 1 aromatic carbocycles. The molecule has 2 N–H and O–H groups in total. The van der Waals surface area contributed by atoms with Crippen molar-refractivity contribution in [2.75, 3.05) is 20.3 Å². The molecule has 4 aromatic rings. The van der Waals surface area contributed by atoms with Crippen LogP contribution in [0.4, 0.5) is 4.39 Å². The predicted molar refractivity (Wildman–Crippen MR) is 149 cm³/mol. The minimum absolute atomic E-state index is 0.0173. The molecule has 218 valence electrons. The lowest BCUT2D eigenvalue weighted by molar-refractivity contribution is -0.125. The first-order chi connectivity index (χ1) is 19.7. The highest BCUT2D eigenvalue weighted by Crippen LogP contribution is 2.34. The van der Waals surface area contributed by atoms with Crippen molar-refractivity contribution in [2.45, 2.75) is 57.8 Å². The summed E-state index contributed by atoms with van der Waals surface area (Å²) in [6.07, 6.45) is 4.75. The van der Waals surface area contributed by atoms with Crippen molar-refractivity contribution in [3.05, 3.63) is 68.4 Å². The summed E-state index contributed by atoms with van der Waals surface area (Å²) in [5.41, 5.74) is -0.484. The average molecular weight is 587 g/mol. The van der Waals surface area contributed by atoms with Gasteiger partial charge in [-0.1, -0.05) is 11.3 Å². The first-order valence-electron chi connectivity index (χ1n) is 13.3. The molecule has 3 aromatic heterocycles. The van der Waals surface area contributed by atoms with Crippen molar-refractivity contribution >= 4 is 27.5 Å². The number of aryl methyl sites for hydroxylation is 1. The van der Waals surface area contributed by atoms with Crippen LogP contribution in [0.1, 0.15) is 49.5 Å². The Bertz CT molecular complexity index is 1680. The summed E-state index contributed by atoms with van der Waals surface area (Å²) < 4.78 is 28.0. The van der Waals surface area contributed by atoms with E-state index in [9.17, 15) is 23.9 Å². The number of carbonyl (C=O) groups excluding carboxylic acids is 1. The topological polar surface area (TPSA) is 142 Å². The normalized spacial score (nSPS) is 15.0. The SMILES string of the molecule is COc1ccc(F)cc1[C@H](Cn1c(=O)n([C@H](C)C(=O)NC2CCC2)c(=O)c2c(C)c(-n3nccn3)sc21)OCCO. The number of ether oxygens (including phenoxy) is 2. The lowest BCUT2D eigenvalue weighted by Gasteiger charge is -2.28. The average Bonchev–Trinajstić information content (AvgIpc) is 3.58. The standard InChI is InChI=1S/C27H31FN6O6S/c1-15-22-24(37)33(16(2)23(36)31-18-5-4-6-18)27(38)32(26(22)41-25(15)34-29-9-10-30-34)14-21(40-12-11-35)19-13-17(28)7-8-20(19)39-3/h7-10,13,16,18,21,35H,4-6,11-12,14H2,1-3H3,(H,31,36)/t16-,21+/m1/s1. The summed E-state index contributed by atoms with van der Waals surface area (Å²) in [5.74, 6) is -0.647. The summed E-state index contributed by atoms with van der Waals surface area (Å²) in [4.78, 5) is 42.8. The predicted octanol–water partition coefficient (Wildman–Crippen LogP) is 2.24. The number of benzene rings is 1. The molecule has 2 atom stereocenters. The summed E-state index contributed by atoms with van der Waals surface area (Å²) in [5, 5.41) is 21.5. The fourth-order valence-corrected chi connectivity index (χ4v) is 6.14. The van der Waals surface area contributed by atoms with Gasteiger partial charge in [0, 0.05) is 17.2 Å². The van der Waals surface area contributed by atoms with E-state index in [1.807, 2.05) is 0 Å². The number of amides is 1. The van der Waals surface area contributed by atoms with Crippen LogP contribution in [0.25, 0.3) is 15.2 Å². The molecule has 1 amide bonds. The maximum atomic E-state index is 14.4. The van der Waals surface area contributed by atoms with Gasteiger partial charge in [0.25, 0.3) is 5.56 Å². The Morgan fingerprint density at radius 3 is 2.63 bits per heavy atom. The monoisotopic (exact) mass is 586 g/mol. The van der Waals surface area contributed by atoms with Crippen LogP contribution in [-0.4, -0.2) is 61.5 Å². The molecule has 1 aliphatic rings. The van der Waals surface area contributed by atoms with E-state index in [1.165, 1.54) is 54.0 Å². The zero-order valence-electron chi connectivity index (χ0n) is 22.9. The molecule has 1 fully saturated rings. The number of rotatable bonds is 11. The number of nitrogens with zero attached hydrogens (tertiary/aromatic N) is 5. The van der Waals surface area contributed by atoms with E-state index in [2.05, 4.69) is 15.5 Å². The van der Waals surface area contributed by atoms with Gasteiger partial charge in [-0.25, -0.2) is 13.8 Å². The van der Waals surface area contributed by atoms with Crippen molar-refractivity contribution in [1.82, 2.24) is 29.4 Å². The Kier molecular flexibility index (Phi) is 8.33. The first kappa shape index (κ1) is 28.6. The molecule has 14 heteroatoms. The number of methoxy groups -OCH3 is 1. The molecule has 41 heavy (non-hydrogen) atoms. The number of halogens is 1. The Morgan fingerprint density at radius 2 is 2.00 bits per heavy atom. The maximum Gasteiger partial charge on any atom is 0.332 e. The molecule has 0 radical (unpaired) electrons. The summed E-state index contributed by atoms with van der Waals surface area (Å²) in [7, 11) is 1.43. The number of nitrogens with one attached hydrogen (secondary N) is 1. The molecule has 1 saturated carbocycles. The van der Waals surface area contributed by atoms with E-state index >= 15 is 0 Å². The van der Waals surface area contributed by atoms with E-state index in [0.29, 0.717) is 26.7 Å². The van der Waals surface area contributed by atoms with Crippen molar-refractivity contribution in [2.24, 2.45) is 0 Å². The van der Waals surface area contributed by atoms with Crippen LogP contribution in [0.3, 0.4) is 0 Å². The molecule has 1 aliphatic carbocycles. The first-order valence-corrected chi connectivity index (χ1v) is 14.1. The Morgan fingerprint density at radius 1 is 1.27 bits per heavy atom. The van der Waals surface area contributed by atoms with Gasteiger partial charge in [0.2, 0.25) is 5.91 Å². The Balaban J connectivity index is 1.71. The third-order valence-corrected chi connectivity index (χ3v) is 8.61. The number of carbonyl (C=O) groups is 1. The van der Waals surface area contributed by atoms with Crippen molar-refractivity contribution in [1.29, 1.82) is 0 Å². The van der Waals surface area contributed by atoms with Crippen LogP contribution in [-0.2, 0) is 16.1 Å². The number of hydrogen-bond donors (Lipinski definition) is 2. The zero-order valence-corrected chi connectivity index (χ0v) is 23.7. The van der Waals surface area contributed by atoms with Gasteiger partial charge in [-0.2, -0.15) is 10.2 Å². The second kappa shape index (κ2) is 11.9. The molecule has 0 bridgehead atoms. The van der Waals surface area contributed by atoms with Gasteiger partial charge in [0.15, 0.2) is 0 Å². The molecule has 5 rings (SSSR count). The number of aromatic nitrogens is 5. The van der Waals surface area contributed by atoms with Gasteiger partial charge < -0.3 is 19.9 Å². The zero-order chi connectivity index (χ0) is 29.3. The lowest BCUT2D eigenvalue weighted by Crippen LogP contribution is -2.49. The van der Waals surface area contributed by atoms with E-state index < -0.39 is 35.1 Å².